The summed E-state index contributed by atoms with van der Waals surface area (Å²) in [7, 11) is 0. The number of hydrogen-bond donors (Lipinski definition) is 3. The smallest absolute Gasteiger partial charge is 0.122 e. The topological polar surface area (TPSA) is 75.7 Å². The van der Waals surface area contributed by atoms with Crippen molar-refractivity contribution in [2.75, 3.05) is 13.2 Å². The number of nitrogens with two attached hydrogens (primary N) is 1. The zero-order valence-electron chi connectivity index (χ0n) is 9.68. The van der Waals surface area contributed by atoms with Crippen molar-refractivity contribution < 1.29 is 14.9 Å². The molecule has 4 nitrogen and oxygen atoms in total. The van der Waals surface area contributed by atoms with Gasteiger partial charge in [-0.1, -0.05) is 12.1 Å². The van der Waals surface area contributed by atoms with Crippen LogP contribution in [-0.4, -0.2) is 29.5 Å². The van der Waals surface area contributed by atoms with Gasteiger partial charge in [0.15, 0.2) is 0 Å². The van der Waals surface area contributed by atoms with E-state index < -0.39 is 6.10 Å². The molecule has 1 aromatic carbocycles. The largest absolute Gasteiger partial charge is 0.491 e. The van der Waals surface area contributed by atoms with E-state index in [9.17, 15) is 0 Å². The zero-order chi connectivity index (χ0) is 12.1. The quantitative estimate of drug-likeness (QED) is 0.691. The summed E-state index contributed by atoms with van der Waals surface area (Å²) in [6.07, 6.45) is -0.840. The summed E-state index contributed by atoms with van der Waals surface area (Å²) in [6, 6.07) is 5.69. The van der Waals surface area contributed by atoms with Gasteiger partial charge in [-0.15, -0.1) is 0 Å². The average Bonchev–Trinajstić information content (AvgIpc) is 2.26. The fourth-order valence-electron chi connectivity index (χ4n) is 1.36. The lowest BCUT2D eigenvalue weighted by atomic mass is 10.1. The predicted molar refractivity (Wildman–Crippen MR) is 62.4 cm³/mol. The molecule has 4 heteroatoms. The standard InChI is InChI=1S/C12H19NO3/c1-8-5-10(9(2)13)3-4-12(8)16-7-11(15)6-14/h3-5,9,11,14-15H,6-7,13H2,1-2H3/t9-,11?/m0/s1. The third-order valence-electron chi connectivity index (χ3n) is 2.37. The molecule has 0 bridgehead atoms. The Morgan fingerprint density at radius 1 is 1.44 bits per heavy atom. The van der Waals surface area contributed by atoms with E-state index in [-0.39, 0.29) is 19.3 Å². The summed E-state index contributed by atoms with van der Waals surface area (Å²) >= 11 is 0. The second-order valence-electron chi connectivity index (χ2n) is 3.96. The molecule has 0 saturated carbocycles. The van der Waals surface area contributed by atoms with Gasteiger partial charge in [0.2, 0.25) is 0 Å². The monoisotopic (exact) mass is 225 g/mol. The van der Waals surface area contributed by atoms with Gasteiger partial charge in [0.1, 0.15) is 18.5 Å². The van der Waals surface area contributed by atoms with Crippen LogP contribution in [-0.2, 0) is 0 Å². The summed E-state index contributed by atoms with van der Waals surface area (Å²) in [6.45, 7) is 3.64. The van der Waals surface area contributed by atoms with Crippen molar-refractivity contribution in [2.45, 2.75) is 26.0 Å². The molecular weight excluding hydrogens is 206 g/mol. The summed E-state index contributed by atoms with van der Waals surface area (Å²) in [4.78, 5) is 0. The molecule has 0 saturated heterocycles. The van der Waals surface area contributed by atoms with Gasteiger partial charge in [0.25, 0.3) is 0 Å². The lowest BCUT2D eigenvalue weighted by molar-refractivity contribution is 0.0534. The Labute approximate surface area is 95.7 Å². The molecule has 0 fully saturated rings. The number of aliphatic hydroxyl groups excluding tert-OH is 2. The van der Waals surface area contributed by atoms with Crippen LogP contribution in [0.5, 0.6) is 5.75 Å². The second-order valence-corrected chi connectivity index (χ2v) is 3.96. The second kappa shape index (κ2) is 5.84. The lowest BCUT2D eigenvalue weighted by Gasteiger charge is -2.14. The van der Waals surface area contributed by atoms with Gasteiger partial charge < -0.3 is 20.7 Å². The predicted octanol–water partition coefficient (Wildman–Crippen LogP) is 0.747. The minimum Gasteiger partial charge on any atom is -0.491 e. The Balaban J connectivity index is 2.68. The molecule has 90 valence electrons. The molecule has 0 spiro atoms. The first-order valence-electron chi connectivity index (χ1n) is 5.32. The van der Waals surface area contributed by atoms with Crippen LogP contribution >= 0.6 is 0 Å². The highest BCUT2D eigenvalue weighted by molar-refractivity contribution is 5.37. The Bertz CT molecular complexity index is 339. The fourth-order valence-corrected chi connectivity index (χ4v) is 1.36. The van der Waals surface area contributed by atoms with Crippen LogP contribution in [0.3, 0.4) is 0 Å². The van der Waals surface area contributed by atoms with Crippen molar-refractivity contribution in [1.29, 1.82) is 0 Å². The molecule has 16 heavy (non-hydrogen) atoms. The third-order valence-corrected chi connectivity index (χ3v) is 2.37. The van der Waals surface area contributed by atoms with E-state index in [0.29, 0.717) is 5.75 Å². The maximum atomic E-state index is 9.16. The first-order chi connectivity index (χ1) is 7.54. The van der Waals surface area contributed by atoms with E-state index in [1.807, 2.05) is 32.0 Å². The van der Waals surface area contributed by atoms with Gasteiger partial charge in [-0.25, -0.2) is 0 Å². The van der Waals surface area contributed by atoms with Gasteiger partial charge >= 0.3 is 0 Å². The molecule has 1 unspecified atom stereocenters. The minimum atomic E-state index is -0.840. The number of aryl methyl sites for hydroxylation is 1. The number of hydrogen-bond acceptors (Lipinski definition) is 4. The van der Waals surface area contributed by atoms with E-state index in [4.69, 9.17) is 20.7 Å². The fraction of sp³-hybridized carbons (Fsp3) is 0.500. The van der Waals surface area contributed by atoms with Gasteiger partial charge in [-0.2, -0.15) is 0 Å². The Hall–Kier alpha value is -1.10. The SMILES string of the molecule is Cc1cc([C@H](C)N)ccc1OCC(O)CO. The number of benzene rings is 1. The molecule has 0 aliphatic rings. The molecular formula is C12H19NO3. The molecule has 4 N–H and O–H groups in total. The highest BCUT2D eigenvalue weighted by Gasteiger charge is 2.07. The third kappa shape index (κ3) is 3.48. The van der Waals surface area contributed by atoms with Gasteiger partial charge in [-0.3, -0.25) is 0 Å². The van der Waals surface area contributed by atoms with E-state index in [2.05, 4.69) is 0 Å². The van der Waals surface area contributed by atoms with E-state index in [0.717, 1.165) is 11.1 Å². The highest BCUT2D eigenvalue weighted by atomic mass is 16.5. The van der Waals surface area contributed by atoms with Crippen molar-refractivity contribution in [2.24, 2.45) is 5.73 Å². The normalized spacial score (nSPS) is 14.6. The Morgan fingerprint density at radius 3 is 2.62 bits per heavy atom. The van der Waals surface area contributed by atoms with Crippen molar-refractivity contribution in [1.82, 2.24) is 0 Å². The van der Waals surface area contributed by atoms with Crippen molar-refractivity contribution in [3.05, 3.63) is 29.3 Å². The summed E-state index contributed by atoms with van der Waals surface area (Å²) in [5, 5.41) is 17.8. The molecule has 0 amide bonds. The zero-order valence-corrected chi connectivity index (χ0v) is 9.68. The summed E-state index contributed by atoms with van der Waals surface area (Å²) in [5.41, 5.74) is 7.78. The van der Waals surface area contributed by atoms with E-state index >= 15 is 0 Å². The average molecular weight is 225 g/mol. The number of rotatable bonds is 5. The minimum absolute atomic E-state index is 0.00391. The van der Waals surface area contributed by atoms with Crippen LogP contribution < -0.4 is 10.5 Å². The van der Waals surface area contributed by atoms with Crippen molar-refractivity contribution in [3.63, 3.8) is 0 Å². The highest BCUT2D eigenvalue weighted by Crippen LogP contribution is 2.21. The van der Waals surface area contributed by atoms with Crippen LogP contribution in [0.4, 0.5) is 0 Å². The van der Waals surface area contributed by atoms with Gasteiger partial charge in [0, 0.05) is 6.04 Å². The molecule has 0 aliphatic carbocycles. The maximum absolute atomic E-state index is 9.16. The van der Waals surface area contributed by atoms with E-state index in [1.165, 1.54) is 0 Å². The first kappa shape index (κ1) is 13.0. The van der Waals surface area contributed by atoms with Crippen LogP contribution in [0.25, 0.3) is 0 Å². The molecule has 1 rings (SSSR count). The van der Waals surface area contributed by atoms with E-state index in [1.54, 1.807) is 0 Å². The van der Waals surface area contributed by atoms with Crippen LogP contribution in [0.2, 0.25) is 0 Å². The van der Waals surface area contributed by atoms with Gasteiger partial charge in [0.05, 0.1) is 6.61 Å². The number of aliphatic hydroxyl groups is 2. The first-order valence-corrected chi connectivity index (χ1v) is 5.32. The van der Waals surface area contributed by atoms with Crippen LogP contribution in [0.1, 0.15) is 24.1 Å². The lowest BCUT2D eigenvalue weighted by Crippen LogP contribution is -2.21. The number of ether oxygens (including phenoxy) is 1. The molecule has 1 aromatic rings. The Kier molecular flexibility index (Phi) is 4.73. The molecule has 0 heterocycles. The van der Waals surface area contributed by atoms with Crippen LogP contribution in [0.15, 0.2) is 18.2 Å². The van der Waals surface area contributed by atoms with Crippen LogP contribution in [0, 0.1) is 6.92 Å². The van der Waals surface area contributed by atoms with Crippen molar-refractivity contribution in [3.8, 4) is 5.75 Å². The van der Waals surface area contributed by atoms with Gasteiger partial charge in [-0.05, 0) is 31.0 Å². The summed E-state index contributed by atoms with van der Waals surface area (Å²) < 4.78 is 5.37. The molecule has 0 aromatic heterocycles. The van der Waals surface area contributed by atoms with Crippen molar-refractivity contribution >= 4 is 0 Å². The summed E-state index contributed by atoms with van der Waals surface area (Å²) in [5.74, 6) is 0.705. The molecule has 0 radical (unpaired) electrons. The molecule has 2 atom stereocenters. The Morgan fingerprint density at radius 2 is 2.12 bits per heavy atom. The maximum Gasteiger partial charge on any atom is 0.122 e. The molecule has 0 aliphatic heterocycles.